The highest BCUT2D eigenvalue weighted by atomic mass is 15.2. The highest BCUT2D eigenvalue weighted by molar-refractivity contribution is 5.92. The second-order valence-electron chi connectivity index (χ2n) is 3.07. The van der Waals surface area contributed by atoms with Gasteiger partial charge in [0.1, 0.15) is 17.4 Å². The van der Waals surface area contributed by atoms with Gasteiger partial charge in [-0.1, -0.05) is 0 Å². The third kappa shape index (κ3) is 1.56. The van der Waals surface area contributed by atoms with E-state index in [-0.39, 0.29) is 0 Å². The van der Waals surface area contributed by atoms with Gasteiger partial charge in [0.2, 0.25) is 5.95 Å². The van der Waals surface area contributed by atoms with Crippen LogP contribution in [0.25, 0.3) is 11.0 Å². The molecule has 0 amide bonds. The van der Waals surface area contributed by atoms with Crippen molar-refractivity contribution < 1.29 is 0 Å². The molecule has 2 rings (SSSR count). The normalized spacial score (nSPS) is 10.2. The fourth-order valence-electron chi connectivity index (χ4n) is 1.42. The van der Waals surface area contributed by atoms with E-state index in [4.69, 9.17) is 0 Å². The largest absolute Gasteiger partial charge is 0.371 e. The SMILES string of the molecule is CNc1nc(NC)c2ncnc(NC)c2n1. The van der Waals surface area contributed by atoms with E-state index >= 15 is 0 Å². The zero-order valence-electron chi connectivity index (χ0n) is 9.37. The van der Waals surface area contributed by atoms with E-state index in [1.807, 2.05) is 0 Å². The second-order valence-corrected chi connectivity index (χ2v) is 3.07. The Balaban J connectivity index is 2.78. The van der Waals surface area contributed by atoms with Gasteiger partial charge in [0.05, 0.1) is 0 Å². The van der Waals surface area contributed by atoms with Crippen molar-refractivity contribution >= 4 is 28.6 Å². The summed E-state index contributed by atoms with van der Waals surface area (Å²) in [6, 6.07) is 0. The molecule has 0 aliphatic heterocycles. The minimum absolute atomic E-state index is 0.531. The minimum Gasteiger partial charge on any atom is -0.371 e. The van der Waals surface area contributed by atoms with E-state index in [2.05, 4.69) is 35.9 Å². The van der Waals surface area contributed by atoms with Gasteiger partial charge in [-0.3, -0.25) is 0 Å². The van der Waals surface area contributed by atoms with Gasteiger partial charge in [0.25, 0.3) is 0 Å². The van der Waals surface area contributed by atoms with E-state index < -0.39 is 0 Å². The van der Waals surface area contributed by atoms with Crippen molar-refractivity contribution in [1.29, 1.82) is 0 Å². The molecular formula is C9H13N7. The Morgan fingerprint density at radius 2 is 1.56 bits per heavy atom. The van der Waals surface area contributed by atoms with Crippen LogP contribution in [0.2, 0.25) is 0 Å². The lowest BCUT2D eigenvalue weighted by Crippen LogP contribution is -2.05. The molecular weight excluding hydrogens is 206 g/mol. The zero-order valence-corrected chi connectivity index (χ0v) is 9.37. The Kier molecular flexibility index (Phi) is 2.67. The quantitative estimate of drug-likeness (QED) is 0.694. The fourth-order valence-corrected chi connectivity index (χ4v) is 1.42. The summed E-state index contributed by atoms with van der Waals surface area (Å²) < 4.78 is 0. The molecule has 16 heavy (non-hydrogen) atoms. The number of rotatable bonds is 3. The van der Waals surface area contributed by atoms with Gasteiger partial charge in [0, 0.05) is 21.1 Å². The Bertz CT molecular complexity index is 510. The van der Waals surface area contributed by atoms with Gasteiger partial charge in [-0.2, -0.15) is 4.98 Å². The van der Waals surface area contributed by atoms with Gasteiger partial charge in [0.15, 0.2) is 11.6 Å². The van der Waals surface area contributed by atoms with Crippen LogP contribution >= 0.6 is 0 Å². The van der Waals surface area contributed by atoms with Crippen molar-refractivity contribution in [2.45, 2.75) is 0 Å². The third-order valence-corrected chi connectivity index (χ3v) is 2.18. The first-order valence-electron chi connectivity index (χ1n) is 4.86. The minimum atomic E-state index is 0.531. The number of nitrogens with zero attached hydrogens (tertiary/aromatic N) is 4. The molecule has 84 valence electrons. The highest BCUT2D eigenvalue weighted by Gasteiger charge is 2.10. The molecule has 0 aromatic carbocycles. The van der Waals surface area contributed by atoms with E-state index in [1.165, 1.54) is 6.33 Å². The van der Waals surface area contributed by atoms with Crippen LogP contribution in [0.5, 0.6) is 0 Å². The van der Waals surface area contributed by atoms with Crippen molar-refractivity contribution in [3.05, 3.63) is 6.33 Å². The number of aromatic nitrogens is 4. The van der Waals surface area contributed by atoms with Gasteiger partial charge in [-0.15, -0.1) is 0 Å². The van der Waals surface area contributed by atoms with E-state index in [0.29, 0.717) is 28.6 Å². The summed E-state index contributed by atoms with van der Waals surface area (Å²) in [4.78, 5) is 16.9. The molecule has 0 fully saturated rings. The molecule has 2 aromatic heterocycles. The maximum absolute atomic E-state index is 4.32. The first kappa shape index (κ1) is 10.3. The second kappa shape index (κ2) is 4.13. The molecule has 0 spiro atoms. The standard InChI is InChI=1S/C9H13N7/c1-10-7-6-5(13-4-14-7)8(11-2)16-9(12-3)15-6/h4H,1-3H3,(H,10,13,14)(H2,11,12,15,16). The van der Waals surface area contributed by atoms with Crippen molar-refractivity contribution in [1.82, 2.24) is 19.9 Å². The van der Waals surface area contributed by atoms with Gasteiger partial charge >= 0.3 is 0 Å². The van der Waals surface area contributed by atoms with Crippen LogP contribution in [-0.2, 0) is 0 Å². The predicted octanol–water partition coefficient (Wildman–Crippen LogP) is 0.545. The number of nitrogens with one attached hydrogen (secondary N) is 3. The summed E-state index contributed by atoms with van der Waals surface area (Å²) in [5, 5.41) is 8.86. The molecule has 0 bridgehead atoms. The summed E-state index contributed by atoms with van der Waals surface area (Å²) in [7, 11) is 5.35. The number of anilines is 3. The Morgan fingerprint density at radius 1 is 0.812 bits per heavy atom. The molecule has 3 N–H and O–H groups in total. The van der Waals surface area contributed by atoms with Gasteiger partial charge in [-0.25, -0.2) is 15.0 Å². The van der Waals surface area contributed by atoms with Crippen LogP contribution in [0.4, 0.5) is 17.6 Å². The average Bonchev–Trinajstić information content (AvgIpc) is 2.36. The van der Waals surface area contributed by atoms with E-state index in [1.54, 1.807) is 21.1 Å². The zero-order chi connectivity index (χ0) is 11.5. The molecule has 0 saturated heterocycles. The molecule has 0 radical (unpaired) electrons. The summed E-state index contributed by atoms with van der Waals surface area (Å²) in [5.74, 6) is 1.89. The van der Waals surface area contributed by atoms with Crippen LogP contribution in [0.1, 0.15) is 0 Å². The van der Waals surface area contributed by atoms with Crippen LogP contribution in [-0.4, -0.2) is 41.1 Å². The summed E-state index contributed by atoms with van der Waals surface area (Å²) >= 11 is 0. The van der Waals surface area contributed by atoms with Crippen LogP contribution in [0.3, 0.4) is 0 Å². The van der Waals surface area contributed by atoms with Crippen LogP contribution < -0.4 is 16.0 Å². The summed E-state index contributed by atoms with van der Waals surface area (Å²) in [6.45, 7) is 0. The molecule has 0 aliphatic carbocycles. The summed E-state index contributed by atoms with van der Waals surface area (Å²) in [5.41, 5.74) is 1.38. The number of hydrogen-bond donors (Lipinski definition) is 3. The molecule has 2 heterocycles. The lowest BCUT2D eigenvalue weighted by atomic mass is 10.3. The molecule has 0 saturated carbocycles. The van der Waals surface area contributed by atoms with Crippen molar-refractivity contribution in [2.24, 2.45) is 0 Å². The number of hydrogen-bond acceptors (Lipinski definition) is 7. The first-order valence-corrected chi connectivity index (χ1v) is 4.86. The van der Waals surface area contributed by atoms with Crippen molar-refractivity contribution in [3.63, 3.8) is 0 Å². The molecule has 2 aromatic rings. The third-order valence-electron chi connectivity index (χ3n) is 2.18. The Labute approximate surface area is 92.7 Å². The molecule has 0 aliphatic rings. The lowest BCUT2D eigenvalue weighted by Gasteiger charge is -2.08. The lowest BCUT2D eigenvalue weighted by molar-refractivity contribution is 1.13. The predicted molar refractivity (Wildman–Crippen MR) is 63.8 cm³/mol. The molecule has 0 atom stereocenters. The fraction of sp³-hybridized carbons (Fsp3) is 0.333. The number of fused-ring (bicyclic) bond motifs is 1. The maximum atomic E-state index is 4.32. The smallest absolute Gasteiger partial charge is 0.225 e. The Morgan fingerprint density at radius 3 is 2.19 bits per heavy atom. The van der Waals surface area contributed by atoms with Gasteiger partial charge in [-0.05, 0) is 0 Å². The summed E-state index contributed by atoms with van der Waals surface area (Å²) in [6.07, 6.45) is 1.48. The molecule has 7 heteroatoms. The highest BCUT2D eigenvalue weighted by Crippen LogP contribution is 2.23. The topological polar surface area (TPSA) is 87.7 Å². The average molecular weight is 219 g/mol. The molecule has 0 unspecified atom stereocenters. The van der Waals surface area contributed by atoms with Crippen molar-refractivity contribution in [3.8, 4) is 0 Å². The first-order chi connectivity index (χ1) is 7.80. The van der Waals surface area contributed by atoms with Gasteiger partial charge < -0.3 is 16.0 Å². The maximum Gasteiger partial charge on any atom is 0.225 e. The van der Waals surface area contributed by atoms with Crippen molar-refractivity contribution in [2.75, 3.05) is 37.1 Å². The van der Waals surface area contributed by atoms with E-state index in [9.17, 15) is 0 Å². The monoisotopic (exact) mass is 219 g/mol. The Hall–Kier alpha value is -2.18. The van der Waals surface area contributed by atoms with Crippen LogP contribution in [0, 0.1) is 0 Å². The molecule has 7 nitrogen and oxygen atoms in total. The van der Waals surface area contributed by atoms with E-state index in [0.717, 1.165) is 0 Å². The van der Waals surface area contributed by atoms with Crippen LogP contribution in [0.15, 0.2) is 6.33 Å².